The van der Waals surface area contributed by atoms with E-state index in [9.17, 15) is 13.6 Å². The minimum atomic E-state index is -2.58. The Morgan fingerprint density at radius 3 is 2.72 bits per heavy atom. The van der Waals surface area contributed by atoms with Crippen molar-refractivity contribution >= 4 is 5.91 Å². The van der Waals surface area contributed by atoms with Crippen LogP contribution in [-0.4, -0.2) is 54.6 Å². The van der Waals surface area contributed by atoms with Gasteiger partial charge in [-0.05, 0) is 24.8 Å². The van der Waals surface area contributed by atoms with E-state index in [0.717, 1.165) is 24.3 Å². The summed E-state index contributed by atoms with van der Waals surface area (Å²) in [5.41, 5.74) is -0.245. The van der Waals surface area contributed by atoms with Gasteiger partial charge in [-0.2, -0.15) is 0 Å². The molecule has 1 amide bonds. The van der Waals surface area contributed by atoms with Crippen LogP contribution in [0.5, 0.6) is 0 Å². The molecule has 4 nitrogen and oxygen atoms in total. The molecule has 1 heterocycles. The highest BCUT2D eigenvalue weighted by Crippen LogP contribution is 2.31. The van der Waals surface area contributed by atoms with Gasteiger partial charge >= 0.3 is 0 Å². The van der Waals surface area contributed by atoms with Crippen molar-refractivity contribution in [1.82, 2.24) is 10.2 Å². The van der Waals surface area contributed by atoms with Crippen molar-refractivity contribution in [2.45, 2.75) is 39.2 Å². The van der Waals surface area contributed by atoms with Crippen LogP contribution >= 0.6 is 0 Å². The lowest BCUT2D eigenvalue weighted by atomic mass is 9.77. The summed E-state index contributed by atoms with van der Waals surface area (Å²) in [7, 11) is 0. The Kier molecular flexibility index (Phi) is 5.47. The van der Waals surface area contributed by atoms with E-state index < -0.39 is 19.0 Å². The van der Waals surface area contributed by atoms with Gasteiger partial charge in [0, 0.05) is 6.54 Å². The van der Waals surface area contributed by atoms with Crippen LogP contribution in [0.15, 0.2) is 0 Å². The molecule has 1 atom stereocenters. The van der Waals surface area contributed by atoms with Crippen molar-refractivity contribution in [3.8, 4) is 0 Å². The quantitative estimate of drug-likeness (QED) is 0.774. The standard InChI is InChI=1S/C12H22F2N2O2/c1-12(2)4-3-5-15-10(12)11(18)16(6-7-17)8-9(13)14/h9-10,15,17H,3-8H2,1-2H3. The third-order valence-electron chi connectivity index (χ3n) is 3.41. The summed E-state index contributed by atoms with van der Waals surface area (Å²) in [5, 5.41) is 12.0. The Hall–Kier alpha value is -0.750. The topological polar surface area (TPSA) is 52.6 Å². The first-order valence-electron chi connectivity index (χ1n) is 6.29. The van der Waals surface area contributed by atoms with Gasteiger partial charge in [-0.1, -0.05) is 13.8 Å². The number of halogens is 2. The molecule has 1 saturated heterocycles. The van der Waals surface area contributed by atoms with Crippen LogP contribution in [0.3, 0.4) is 0 Å². The predicted molar refractivity (Wildman–Crippen MR) is 64.5 cm³/mol. The molecule has 1 unspecified atom stereocenters. The number of carbonyl (C=O) groups is 1. The van der Waals surface area contributed by atoms with Gasteiger partial charge in [0.1, 0.15) is 0 Å². The van der Waals surface area contributed by atoms with Crippen LogP contribution in [0.4, 0.5) is 8.78 Å². The van der Waals surface area contributed by atoms with Crippen molar-refractivity contribution in [2.24, 2.45) is 5.41 Å². The summed E-state index contributed by atoms with van der Waals surface area (Å²) < 4.78 is 24.9. The second-order valence-electron chi connectivity index (χ2n) is 5.38. The number of piperidine rings is 1. The number of aliphatic hydroxyl groups excluding tert-OH is 1. The molecule has 0 aliphatic carbocycles. The zero-order chi connectivity index (χ0) is 13.8. The second-order valence-corrected chi connectivity index (χ2v) is 5.38. The van der Waals surface area contributed by atoms with Crippen LogP contribution in [0, 0.1) is 5.41 Å². The molecule has 1 aliphatic heterocycles. The van der Waals surface area contributed by atoms with E-state index in [0.29, 0.717) is 0 Å². The fourth-order valence-electron chi connectivity index (χ4n) is 2.39. The Morgan fingerprint density at radius 2 is 2.22 bits per heavy atom. The van der Waals surface area contributed by atoms with Crippen LogP contribution in [0.2, 0.25) is 0 Å². The van der Waals surface area contributed by atoms with Gasteiger partial charge in [0.05, 0.1) is 19.2 Å². The van der Waals surface area contributed by atoms with Gasteiger partial charge in [-0.25, -0.2) is 8.78 Å². The van der Waals surface area contributed by atoms with Crippen molar-refractivity contribution in [1.29, 1.82) is 0 Å². The number of carbonyl (C=O) groups excluding carboxylic acids is 1. The number of alkyl halides is 2. The SMILES string of the molecule is CC1(C)CCCNC1C(=O)N(CCO)CC(F)F. The first kappa shape index (κ1) is 15.3. The van der Waals surface area contributed by atoms with E-state index in [1.54, 1.807) is 0 Å². The van der Waals surface area contributed by atoms with E-state index in [2.05, 4.69) is 5.32 Å². The molecule has 0 saturated carbocycles. The van der Waals surface area contributed by atoms with Gasteiger partial charge in [-0.15, -0.1) is 0 Å². The van der Waals surface area contributed by atoms with E-state index in [-0.39, 0.29) is 24.5 Å². The normalized spacial score (nSPS) is 23.1. The van der Waals surface area contributed by atoms with E-state index in [1.165, 1.54) is 0 Å². The van der Waals surface area contributed by atoms with Gasteiger partial charge in [0.15, 0.2) is 0 Å². The van der Waals surface area contributed by atoms with E-state index >= 15 is 0 Å². The van der Waals surface area contributed by atoms with Crippen LogP contribution in [0.25, 0.3) is 0 Å². The summed E-state index contributed by atoms with van der Waals surface area (Å²) in [4.78, 5) is 13.3. The fourth-order valence-corrected chi connectivity index (χ4v) is 2.39. The van der Waals surface area contributed by atoms with Crippen molar-refractivity contribution < 1.29 is 18.7 Å². The highest BCUT2D eigenvalue weighted by Gasteiger charge is 2.39. The lowest BCUT2D eigenvalue weighted by Crippen LogP contribution is -2.57. The Morgan fingerprint density at radius 1 is 1.56 bits per heavy atom. The number of amides is 1. The average molecular weight is 264 g/mol. The Bertz CT molecular complexity index is 285. The molecule has 106 valence electrons. The minimum Gasteiger partial charge on any atom is -0.395 e. The maximum atomic E-state index is 12.4. The maximum absolute atomic E-state index is 12.4. The largest absolute Gasteiger partial charge is 0.395 e. The van der Waals surface area contributed by atoms with Gasteiger partial charge in [0.25, 0.3) is 6.43 Å². The molecule has 0 spiro atoms. The average Bonchev–Trinajstić information content (AvgIpc) is 2.26. The third kappa shape index (κ3) is 3.88. The van der Waals surface area contributed by atoms with Crippen molar-refractivity contribution in [3.05, 3.63) is 0 Å². The molecule has 0 aromatic carbocycles. The highest BCUT2D eigenvalue weighted by molar-refractivity contribution is 5.83. The monoisotopic (exact) mass is 264 g/mol. The molecular weight excluding hydrogens is 242 g/mol. The molecule has 2 N–H and O–H groups in total. The number of nitrogens with one attached hydrogen (secondary N) is 1. The molecule has 1 fully saturated rings. The lowest BCUT2D eigenvalue weighted by molar-refractivity contribution is -0.140. The predicted octanol–water partition coefficient (Wildman–Crippen LogP) is 0.851. The summed E-state index contributed by atoms with van der Waals surface area (Å²) in [5.74, 6) is -0.339. The highest BCUT2D eigenvalue weighted by atomic mass is 19.3. The molecule has 18 heavy (non-hydrogen) atoms. The van der Waals surface area contributed by atoms with Gasteiger partial charge < -0.3 is 15.3 Å². The summed E-state index contributed by atoms with van der Waals surface area (Å²) >= 11 is 0. The summed E-state index contributed by atoms with van der Waals surface area (Å²) in [6.45, 7) is 3.68. The number of hydrogen-bond donors (Lipinski definition) is 2. The number of nitrogens with zero attached hydrogens (tertiary/aromatic N) is 1. The fraction of sp³-hybridized carbons (Fsp3) is 0.917. The smallest absolute Gasteiger partial charge is 0.255 e. The molecule has 1 rings (SSSR count). The van der Waals surface area contributed by atoms with Gasteiger partial charge in [-0.3, -0.25) is 4.79 Å². The number of aliphatic hydroxyl groups is 1. The molecule has 0 aromatic heterocycles. The van der Waals surface area contributed by atoms with Crippen LogP contribution in [-0.2, 0) is 4.79 Å². The molecule has 0 radical (unpaired) electrons. The lowest BCUT2D eigenvalue weighted by Gasteiger charge is -2.40. The van der Waals surface area contributed by atoms with E-state index in [4.69, 9.17) is 5.11 Å². The molecular formula is C12H22F2N2O2. The zero-order valence-electron chi connectivity index (χ0n) is 11.0. The second kappa shape index (κ2) is 6.43. The van der Waals surface area contributed by atoms with Crippen LogP contribution < -0.4 is 5.32 Å². The van der Waals surface area contributed by atoms with E-state index in [1.807, 2.05) is 13.8 Å². The zero-order valence-corrected chi connectivity index (χ0v) is 11.0. The van der Waals surface area contributed by atoms with Crippen molar-refractivity contribution in [3.63, 3.8) is 0 Å². The number of rotatable bonds is 5. The summed E-state index contributed by atoms with van der Waals surface area (Å²) in [6.07, 6.45) is -0.712. The molecule has 1 aliphatic rings. The Balaban J connectivity index is 2.74. The number of hydrogen-bond acceptors (Lipinski definition) is 3. The van der Waals surface area contributed by atoms with Gasteiger partial charge in [0.2, 0.25) is 5.91 Å². The molecule has 0 bridgehead atoms. The van der Waals surface area contributed by atoms with Crippen LogP contribution in [0.1, 0.15) is 26.7 Å². The summed E-state index contributed by atoms with van der Waals surface area (Å²) in [6, 6.07) is -0.448. The minimum absolute atomic E-state index is 0.0442. The first-order valence-corrected chi connectivity index (χ1v) is 6.29. The molecule has 6 heteroatoms. The Labute approximate surface area is 106 Å². The molecule has 0 aromatic rings. The van der Waals surface area contributed by atoms with Crippen molar-refractivity contribution in [2.75, 3.05) is 26.2 Å². The first-order chi connectivity index (χ1) is 8.38. The third-order valence-corrected chi connectivity index (χ3v) is 3.41. The maximum Gasteiger partial charge on any atom is 0.255 e.